The summed E-state index contributed by atoms with van der Waals surface area (Å²) in [5, 5.41) is 3.24. The Labute approximate surface area is 109 Å². The Hall–Kier alpha value is -1.95. The molecule has 2 rings (SSSR count). The van der Waals surface area contributed by atoms with Crippen LogP contribution in [-0.2, 0) is 0 Å². The van der Waals surface area contributed by atoms with E-state index in [2.05, 4.69) is 10.3 Å². The van der Waals surface area contributed by atoms with Crippen molar-refractivity contribution in [2.75, 3.05) is 12.3 Å². The zero-order chi connectivity index (χ0) is 13.0. The van der Waals surface area contributed by atoms with Crippen LogP contribution in [0.2, 0.25) is 0 Å². The molecule has 0 spiro atoms. The van der Waals surface area contributed by atoms with Crippen molar-refractivity contribution in [2.24, 2.45) is 0 Å². The minimum absolute atomic E-state index is 0.133. The van der Waals surface area contributed by atoms with Crippen LogP contribution in [0.3, 0.4) is 0 Å². The number of nitrogens with zero attached hydrogens (tertiary/aromatic N) is 1. The Balaban J connectivity index is 2.31. The van der Waals surface area contributed by atoms with E-state index in [0.717, 1.165) is 4.90 Å². The number of aromatic nitrogens is 1. The van der Waals surface area contributed by atoms with E-state index < -0.39 is 0 Å². The quantitative estimate of drug-likeness (QED) is 0.826. The SMILES string of the molecule is CCNC(=O)c1ccc(N)cc1Sc1ncco1. The third-order valence-electron chi connectivity index (χ3n) is 2.19. The van der Waals surface area contributed by atoms with Crippen molar-refractivity contribution < 1.29 is 9.21 Å². The first-order chi connectivity index (χ1) is 8.70. The third-order valence-corrected chi connectivity index (χ3v) is 3.13. The third kappa shape index (κ3) is 2.84. The number of carbonyl (C=O) groups is 1. The van der Waals surface area contributed by atoms with E-state index in [-0.39, 0.29) is 5.91 Å². The molecule has 0 unspecified atom stereocenters. The highest BCUT2D eigenvalue weighted by molar-refractivity contribution is 7.99. The van der Waals surface area contributed by atoms with Crippen molar-refractivity contribution >= 4 is 23.4 Å². The van der Waals surface area contributed by atoms with Gasteiger partial charge >= 0.3 is 0 Å². The van der Waals surface area contributed by atoms with E-state index in [0.29, 0.717) is 23.0 Å². The van der Waals surface area contributed by atoms with Gasteiger partial charge in [-0.15, -0.1) is 0 Å². The van der Waals surface area contributed by atoms with Gasteiger partial charge in [-0.2, -0.15) is 0 Å². The Morgan fingerprint density at radius 1 is 1.56 bits per heavy atom. The number of hydrogen-bond donors (Lipinski definition) is 2. The van der Waals surface area contributed by atoms with Crippen LogP contribution in [0.1, 0.15) is 17.3 Å². The maximum absolute atomic E-state index is 11.9. The maximum Gasteiger partial charge on any atom is 0.260 e. The lowest BCUT2D eigenvalue weighted by Gasteiger charge is -2.08. The van der Waals surface area contributed by atoms with Gasteiger partial charge in [-0.25, -0.2) is 4.98 Å². The van der Waals surface area contributed by atoms with Crippen LogP contribution in [0.5, 0.6) is 0 Å². The van der Waals surface area contributed by atoms with Crippen LogP contribution < -0.4 is 11.1 Å². The molecule has 0 bridgehead atoms. The second kappa shape index (κ2) is 5.59. The molecule has 1 aromatic carbocycles. The van der Waals surface area contributed by atoms with Gasteiger partial charge in [-0.1, -0.05) is 0 Å². The minimum atomic E-state index is -0.133. The molecule has 1 aromatic heterocycles. The van der Waals surface area contributed by atoms with Gasteiger partial charge in [0.1, 0.15) is 6.26 Å². The fourth-order valence-electron chi connectivity index (χ4n) is 1.42. The first kappa shape index (κ1) is 12.5. The van der Waals surface area contributed by atoms with Crippen molar-refractivity contribution in [1.82, 2.24) is 10.3 Å². The van der Waals surface area contributed by atoms with Gasteiger partial charge in [0, 0.05) is 17.1 Å². The number of nitrogens with one attached hydrogen (secondary N) is 1. The van der Waals surface area contributed by atoms with Crippen LogP contribution in [-0.4, -0.2) is 17.4 Å². The molecule has 3 N–H and O–H groups in total. The number of oxazole rings is 1. The molecule has 0 radical (unpaired) electrons. The summed E-state index contributed by atoms with van der Waals surface area (Å²) in [6.07, 6.45) is 3.04. The monoisotopic (exact) mass is 263 g/mol. The molecular formula is C12H13N3O2S. The number of nitrogens with two attached hydrogens (primary N) is 1. The fraction of sp³-hybridized carbons (Fsp3) is 0.167. The fourth-order valence-corrected chi connectivity index (χ4v) is 2.29. The highest BCUT2D eigenvalue weighted by atomic mass is 32.2. The Bertz CT molecular complexity index is 540. The lowest BCUT2D eigenvalue weighted by Crippen LogP contribution is -2.23. The van der Waals surface area contributed by atoms with Crippen molar-refractivity contribution in [3.63, 3.8) is 0 Å². The van der Waals surface area contributed by atoms with Crippen LogP contribution in [0.15, 0.2) is 45.2 Å². The van der Waals surface area contributed by atoms with E-state index in [4.69, 9.17) is 10.2 Å². The molecule has 5 nitrogen and oxygen atoms in total. The van der Waals surface area contributed by atoms with Gasteiger partial charge in [0.15, 0.2) is 0 Å². The number of hydrogen-bond acceptors (Lipinski definition) is 5. The van der Waals surface area contributed by atoms with E-state index >= 15 is 0 Å². The topological polar surface area (TPSA) is 81.2 Å². The highest BCUT2D eigenvalue weighted by Gasteiger charge is 2.13. The first-order valence-electron chi connectivity index (χ1n) is 5.45. The van der Waals surface area contributed by atoms with Crippen molar-refractivity contribution in [2.45, 2.75) is 17.0 Å². The average Bonchev–Trinajstić information content (AvgIpc) is 2.82. The molecule has 2 aromatic rings. The molecule has 0 aliphatic rings. The predicted octanol–water partition coefficient (Wildman–Crippen LogP) is 2.16. The smallest absolute Gasteiger partial charge is 0.260 e. The van der Waals surface area contributed by atoms with Crippen LogP contribution in [0, 0.1) is 0 Å². The molecule has 0 saturated heterocycles. The van der Waals surface area contributed by atoms with Gasteiger partial charge in [-0.05, 0) is 36.9 Å². The number of rotatable bonds is 4. The molecule has 94 valence electrons. The maximum atomic E-state index is 11.9. The van der Waals surface area contributed by atoms with E-state index in [1.807, 2.05) is 6.92 Å². The number of benzene rings is 1. The molecule has 1 amide bonds. The molecule has 0 aliphatic carbocycles. The van der Waals surface area contributed by atoms with Crippen molar-refractivity contribution in [3.8, 4) is 0 Å². The lowest BCUT2D eigenvalue weighted by molar-refractivity contribution is 0.0953. The number of anilines is 1. The second-order valence-corrected chi connectivity index (χ2v) is 4.51. The predicted molar refractivity (Wildman–Crippen MR) is 69.5 cm³/mol. The number of amides is 1. The van der Waals surface area contributed by atoms with Crippen molar-refractivity contribution in [3.05, 3.63) is 36.2 Å². The van der Waals surface area contributed by atoms with Gasteiger partial charge in [0.05, 0.1) is 11.8 Å². The normalized spacial score (nSPS) is 10.3. The first-order valence-corrected chi connectivity index (χ1v) is 6.27. The molecular weight excluding hydrogens is 250 g/mol. The average molecular weight is 263 g/mol. The summed E-state index contributed by atoms with van der Waals surface area (Å²) in [5.74, 6) is -0.133. The number of nitrogen functional groups attached to an aromatic ring is 1. The van der Waals surface area contributed by atoms with Crippen LogP contribution >= 0.6 is 11.8 Å². The standard InChI is InChI=1S/C12H13N3O2S/c1-2-14-11(16)9-4-3-8(13)7-10(9)18-12-15-5-6-17-12/h3-7H,2,13H2,1H3,(H,14,16). The zero-order valence-corrected chi connectivity index (χ0v) is 10.7. The zero-order valence-electron chi connectivity index (χ0n) is 9.84. The second-order valence-electron chi connectivity index (χ2n) is 3.52. The van der Waals surface area contributed by atoms with Gasteiger partial charge in [0.25, 0.3) is 11.1 Å². The van der Waals surface area contributed by atoms with Crippen LogP contribution in [0.4, 0.5) is 5.69 Å². The largest absolute Gasteiger partial charge is 0.440 e. The van der Waals surface area contributed by atoms with Gasteiger partial charge in [-0.3, -0.25) is 4.79 Å². The molecule has 0 fully saturated rings. The summed E-state index contributed by atoms with van der Waals surface area (Å²) < 4.78 is 5.15. The number of carbonyl (C=O) groups excluding carboxylic acids is 1. The van der Waals surface area contributed by atoms with Crippen molar-refractivity contribution in [1.29, 1.82) is 0 Å². The van der Waals surface area contributed by atoms with Gasteiger partial charge in [0.2, 0.25) is 0 Å². The Morgan fingerprint density at radius 3 is 3.06 bits per heavy atom. The van der Waals surface area contributed by atoms with Crippen LogP contribution in [0.25, 0.3) is 0 Å². The molecule has 0 atom stereocenters. The summed E-state index contributed by atoms with van der Waals surface area (Å²) in [5.41, 5.74) is 6.89. The molecule has 1 heterocycles. The minimum Gasteiger partial charge on any atom is -0.440 e. The molecule has 0 aliphatic heterocycles. The van der Waals surface area contributed by atoms with E-state index in [9.17, 15) is 4.79 Å². The summed E-state index contributed by atoms with van der Waals surface area (Å²) in [6.45, 7) is 2.45. The highest BCUT2D eigenvalue weighted by Crippen LogP contribution is 2.30. The Kier molecular flexibility index (Phi) is 3.88. The molecule has 18 heavy (non-hydrogen) atoms. The molecule has 0 saturated carbocycles. The Morgan fingerprint density at radius 2 is 2.39 bits per heavy atom. The van der Waals surface area contributed by atoms with Gasteiger partial charge < -0.3 is 15.5 Å². The summed E-state index contributed by atoms with van der Waals surface area (Å²) in [6, 6.07) is 5.13. The molecule has 6 heteroatoms. The summed E-state index contributed by atoms with van der Waals surface area (Å²) >= 11 is 1.27. The lowest BCUT2D eigenvalue weighted by atomic mass is 10.2. The van der Waals surface area contributed by atoms with E-state index in [1.54, 1.807) is 24.4 Å². The summed E-state index contributed by atoms with van der Waals surface area (Å²) in [4.78, 5) is 16.6. The van der Waals surface area contributed by atoms with E-state index in [1.165, 1.54) is 18.0 Å². The summed E-state index contributed by atoms with van der Waals surface area (Å²) in [7, 11) is 0.